The summed E-state index contributed by atoms with van der Waals surface area (Å²) in [6, 6.07) is 2.34. The van der Waals surface area contributed by atoms with E-state index in [0.29, 0.717) is 0 Å². The number of nitrogens with one attached hydrogen (secondary N) is 6. The van der Waals surface area contributed by atoms with Crippen molar-refractivity contribution in [3.8, 4) is 0 Å². The molecule has 2 saturated heterocycles. The first-order chi connectivity index (χ1) is 40.1. The summed E-state index contributed by atoms with van der Waals surface area (Å²) in [7, 11) is 0. The molecule has 1 aromatic rings. The normalized spacial score (nSPS) is 26.4. The standard InChI is InChI=1S/C58H91BrN6O22/c1-30(66)76-37(25-26-60-49(71)83-54(3,4)5)45(69)62-35-27-36(64-52(74)86-57(12,13)14)42(81-47-34(63-51(73)85-56(9,10)11)24-23-33(78-47)29-61-50(72)84-55(6,7)8)40(68)41(35)82-48-44(77-31(2)67)39(65-53(75)87-58(15,16)17)43(38(28-59)79-48)80-46(70)32-21-19-18-20-22-32/h18-22,33-44,47-48,68H,23-29H2,1-17H3,(H,60,71)(H,61,72)(H,62,69)(H,63,73)(H,64,74)(H,65,75)/t33?,34?,35-,36-,37+,38?,39+,40?,41+,42?,43-,44?,47-,48-/m1/s1. The number of hydrogen-bond acceptors (Lipinski definition) is 22. The lowest BCUT2D eigenvalue weighted by Crippen LogP contribution is -2.71. The number of hydrogen-bond donors (Lipinski definition) is 7. The molecule has 4 rings (SSSR count). The fourth-order valence-corrected chi connectivity index (χ4v) is 9.70. The highest BCUT2D eigenvalue weighted by molar-refractivity contribution is 9.09. The van der Waals surface area contributed by atoms with E-state index < -0.39 is 174 Å². The van der Waals surface area contributed by atoms with Gasteiger partial charge in [-0.25, -0.2) is 28.8 Å². The van der Waals surface area contributed by atoms with Crippen LogP contribution in [0.2, 0.25) is 0 Å². The van der Waals surface area contributed by atoms with Gasteiger partial charge in [-0.3, -0.25) is 14.4 Å². The Balaban J connectivity index is 1.94. The second-order valence-electron chi connectivity index (χ2n) is 26.1. The van der Waals surface area contributed by atoms with Gasteiger partial charge in [0.2, 0.25) is 0 Å². The van der Waals surface area contributed by atoms with Crippen molar-refractivity contribution in [2.75, 3.05) is 18.4 Å². The number of alkyl carbamates (subject to hydrolysis) is 5. The summed E-state index contributed by atoms with van der Waals surface area (Å²) in [4.78, 5) is 121. The van der Waals surface area contributed by atoms with E-state index >= 15 is 0 Å². The third kappa shape index (κ3) is 25.8. The number of amides is 6. The molecule has 0 bridgehead atoms. The predicted octanol–water partition coefficient (Wildman–Crippen LogP) is 5.84. The number of carbonyl (C=O) groups excluding carboxylic acids is 9. The van der Waals surface area contributed by atoms with Gasteiger partial charge in [-0.1, -0.05) is 34.1 Å². The van der Waals surface area contributed by atoms with Crippen LogP contribution >= 0.6 is 15.9 Å². The summed E-state index contributed by atoms with van der Waals surface area (Å²) in [6.07, 6.45) is -20.9. The van der Waals surface area contributed by atoms with Gasteiger partial charge in [-0.2, -0.15) is 0 Å². The molecule has 7 N–H and O–H groups in total. The van der Waals surface area contributed by atoms with E-state index in [1.165, 1.54) is 12.1 Å². The van der Waals surface area contributed by atoms with Gasteiger partial charge in [-0.05, 0) is 135 Å². The first kappa shape index (κ1) is 73.2. The Morgan fingerprint density at radius 3 is 1.55 bits per heavy atom. The van der Waals surface area contributed by atoms with Gasteiger partial charge in [-0.15, -0.1) is 0 Å². The van der Waals surface area contributed by atoms with E-state index in [-0.39, 0.29) is 43.2 Å². The smallest absolute Gasteiger partial charge is 0.408 e. The van der Waals surface area contributed by atoms with E-state index in [1.54, 1.807) is 122 Å². The minimum Gasteiger partial charge on any atom is -0.455 e. The number of esters is 3. The molecule has 1 aromatic carbocycles. The Morgan fingerprint density at radius 1 is 0.563 bits per heavy atom. The zero-order valence-corrected chi connectivity index (χ0v) is 54.4. The summed E-state index contributed by atoms with van der Waals surface area (Å²) in [5, 5.41) is 29.2. The van der Waals surface area contributed by atoms with Crippen LogP contribution in [0.3, 0.4) is 0 Å². The van der Waals surface area contributed by atoms with E-state index in [9.17, 15) is 48.3 Å². The maximum absolute atomic E-state index is 14.7. The second kappa shape index (κ2) is 31.3. The molecule has 1 aliphatic carbocycles. The largest absolute Gasteiger partial charge is 0.455 e. The molecule has 1 saturated carbocycles. The zero-order chi connectivity index (χ0) is 65.6. The van der Waals surface area contributed by atoms with Crippen molar-refractivity contribution in [3.05, 3.63) is 35.9 Å². The number of halogens is 1. The van der Waals surface area contributed by atoms with Crippen LogP contribution in [-0.4, -0.2) is 191 Å². The molecule has 0 aromatic heterocycles. The fraction of sp³-hybridized carbons (Fsp3) is 0.741. The number of aliphatic hydroxyl groups is 1. The van der Waals surface area contributed by atoms with Gasteiger partial charge < -0.3 is 93.8 Å². The Kier molecular flexibility index (Phi) is 26.3. The van der Waals surface area contributed by atoms with E-state index in [0.717, 1.165) is 13.8 Å². The molecule has 28 nitrogen and oxygen atoms in total. The number of benzene rings is 1. The molecule has 2 heterocycles. The molecular formula is C58H91BrN6O22. The summed E-state index contributed by atoms with van der Waals surface area (Å²) < 4.78 is 71.7. The van der Waals surface area contributed by atoms with Crippen molar-refractivity contribution in [2.24, 2.45) is 0 Å². The molecule has 3 aliphatic rings. The predicted molar refractivity (Wildman–Crippen MR) is 312 cm³/mol. The average molecular weight is 1300 g/mol. The Labute approximate surface area is 516 Å². The van der Waals surface area contributed by atoms with Crippen molar-refractivity contribution in [1.29, 1.82) is 0 Å². The van der Waals surface area contributed by atoms with Gasteiger partial charge in [0.15, 0.2) is 30.9 Å². The lowest BCUT2D eigenvalue weighted by atomic mass is 9.83. The highest BCUT2D eigenvalue weighted by Crippen LogP contribution is 2.36. The van der Waals surface area contributed by atoms with Crippen LogP contribution in [0.1, 0.15) is 154 Å². The van der Waals surface area contributed by atoms with Gasteiger partial charge in [0, 0.05) is 38.7 Å². The van der Waals surface area contributed by atoms with Crippen molar-refractivity contribution in [3.63, 3.8) is 0 Å². The van der Waals surface area contributed by atoms with Crippen LogP contribution in [0.15, 0.2) is 30.3 Å². The topological polar surface area (TPSA) is 357 Å². The average Bonchev–Trinajstić information content (AvgIpc) is 0.929. The fourth-order valence-electron chi connectivity index (χ4n) is 9.18. The minimum atomic E-state index is -2.06. The third-order valence-corrected chi connectivity index (χ3v) is 13.0. The zero-order valence-electron chi connectivity index (χ0n) is 52.8. The van der Waals surface area contributed by atoms with Crippen LogP contribution < -0.4 is 31.9 Å². The van der Waals surface area contributed by atoms with Gasteiger partial charge in [0.05, 0.1) is 29.8 Å². The molecular weight excluding hydrogens is 1210 g/mol. The third-order valence-electron chi connectivity index (χ3n) is 12.3. The molecule has 29 heteroatoms. The van der Waals surface area contributed by atoms with Crippen LogP contribution in [0.25, 0.3) is 0 Å². The van der Waals surface area contributed by atoms with Crippen molar-refractivity contribution < 1.29 is 105 Å². The number of rotatable bonds is 19. The molecule has 492 valence electrons. The molecule has 6 amide bonds. The Hall–Kier alpha value is -6.27. The Morgan fingerprint density at radius 2 is 1.05 bits per heavy atom. The summed E-state index contributed by atoms with van der Waals surface area (Å²) >= 11 is 3.43. The van der Waals surface area contributed by atoms with Crippen LogP contribution in [0, 0.1) is 0 Å². The number of carbonyl (C=O) groups is 9. The van der Waals surface area contributed by atoms with Gasteiger partial charge in [0.1, 0.15) is 58.5 Å². The molecule has 2 aliphatic heterocycles. The van der Waals surface area contributed by atoms with E-state index in [2.05, 4.69) is 47.8 Å². The maximum atomic E-state index is 14.7. The summed E-state index contributed by atoms with van der Waals surface area (Å²) in [5.41, 5.74) is -4.77. The summed E-state index contributed by atoms with van der Waals surface area (Å²) in [5.74, 6) is -3.70. The number of aliphatic hydroxyl groups excluding tert-OH is 1. The quantitative estimate of drug-likeness (QED) is 0.0486. The number of alkyl halides is 1. The molecule has 14 atom stereocenters. The number of ether oxygens (including phenoxy) is 12. The summed E-state index contributed by atoms with van der Waals surface area (Å²) in [6.45, 7) is 26.3. The lowest BCUT2D eigenvalue weighted by Gasteiger charge is -2.50. The van der Waals surface area contributed by atoms with Crippen LogP contribution in [-0.2, 0) is 71.2 Å². The van der Waals surface area contributed by atoms with Crippen molar-refractivity contribution in [1.82, 2.24) is 31.9 Å². The Bertz CT molecular complexity index is 2510. The first-order valence-corrected chi connectivity index (χ1v) is 29.9. The molecule has 0 radical (unpaired) electrons. The van der Waals surface area contributed by atoms with E-state index in [1.807, 2.05) is 0 Å². The molecule has 0 spiro atoms. The lowest BCUT2D eigenvalue weighted by molar-refractivity contribution is -0.312. The van der Waals surface area contributed by atoms with Crippen molar-refractivity contribution >= 4 is 70.2 Å². The van der Waals surface area contributed by atoms with Gasteiger partial charge >= 0.3 is 48.4 Å². The van der Waals surface area contributed by atoms with Gasteiger partial charge in [0.25, 0.3) is 5.91 Å². The highest BCUT2D eigenvalue weighted by Gasteiger charge is 2.56. The first-order valence-electron chi connectivity index (χ1n) is 28.8. The minimum absolute atomic E-state index is 0.109. The van der Waals surface area contributed by atoms with Crippen LogP contribution in [0.4, 0.5) is 24.0 Å². The van der Waals surface area contributed by atoms with E-state index in [4.69, 9.17) is 56.8 Å². The van der Waals surface area contributed by atoms with Crippen molar-refractivity contribution in [2.45, 2.75) is 257 Å². The monoisotopic (exact) mass is 1300 g/mol. The van der Waals surface area contributed by atoms with Crippen LogP contribution in [0.5, 0.6) is 0 Å². The molecule has 3 fully saturated rings. The highest BCUT2D eigenvalue weighted by atomic mass is 79.9. The molecule has 6 unspecified atom stereocenters. The maximum Gasteiger partial charge on any atom is 0.408 e. The SMILES string of the molecule is CC(=O)OC1[C@@H](O[C@@H]2C(O)C(O[C@H]3OC(CNC(=O)OC(C)(C)C)CCC3NC(=O)OC(C)(C)C)[C@H](NC(=O)OC(C)(C)C)C[C@H]2NC(=O)[C@H](CCNC(=O)OC(C)(C)C)OC(C)=O)OC(CBr)[C@@H](OC(=O)c2ccccc2)[C@@H]1NC(=O)OC(C)(C)C. The second-order valence-corrected chi connectivity index (χ2v) is 26.8. The molecule has 87 heavy (non-hydrogen) atoms.